The van der Waals surface area contributed by atoms with Crippen LogP contribution in [0.3, 0.4) is 0 Å². The fraction of sp³-hybridized carbons (Fsp3) is 0.970. The standard InChI is InChI=1S/C33H67/c1-4-7-10-12-14-15-16-17-18-19-20-21-22-23-25-27-29-32-33(30-9-6-3)31-28-26-24-13-11-8-5-2/h33H,3-32H2,1-2H3. The maximum atomic E-state index is 4.08. The van der Waals surface area contributed by atoms with Gasteiger partial charge in [0, 0.05) is 0 Å². The van der Waals surface area contributed by atoms with Crippen LogP contribution < -0.4 is 0 Å². The molecule has 1 unspecified atom stereocenters. The number of hydrogen-bond donors (Lipinski definition) is 0. The van der Waals surface area contributed by atoms with Gasteiger partial charge < -0.3 is 0 Å². The Morgan fingerprint density at radius 3 is 0.848 bits per heavy atom. The van der Waals surface area contributed by atoms with Crippen molar-refractivity contribution in [2.75, 3.05) is 0 Å². The first-order chi connectivity index (χ1) is 16.3. The zero-order valence-corrected chi connectivity index (χ0v) is 23.8. The van der Waals surface area contributed by atoms with Gasteiger partial charge in [-0.3, -0.25) is 0 Å². The van der Waals surface area contributed by atoms with Crippen LogP contribution in [-0.2, 0) is 0 Å². The van der Waals surface area contributed by atoms with Crippen LogP contribution in [0.5, 0.6) is 0 Å². The van der Waals surface area contributed by atoms with E-state index in [2.05, 4.69) is 20.8 Å². The molecule has 0 saturated heterocycles. The maximum Gasteiger partial charge on any atom is -0.0414 e. The summed E-state index contributed by atoms with van der Waals surface area (Å²) in [6.45, 7) is 8.70. The van der Waals surface area contributed by atoms with Crippen LogP contribution in [0.4, 0.5) is 0 Å². The molecule has 0 fully saturated rings. The molecule has 0 spiro atoms. The fourth-order valence-corrected chi connectivity index (χ4v) is 5.41. The van der Waals surface area contributed by atoms with Crippen LogP contribution in [0, 0.1) is 12.8 Å². The van der Waals surface area contributed by atoms with E-state index >= 15 is 0 Å². The minimum Gasteiger partial charge on any atom is -0.0654 e. The van der Waals surface area contributed by atoms with Gasteiger partial charge in [-0.25, -0.2) is 0 Å². The van der Waals surface area contributed by atoms with E-state index in [0.29, 0.717) is 0 Å². The quantitative estimate of drug-likeness (QED) is 0.0967. The molecule has 33 heavy (non-hydrogen) atoms. The van der Waals surface area contributed by atoms with E-state index in [9.17, 15) is 0 Å². The smallest absolute Gasteiger partial charge is 0.0414 e. The fourth-order valence-electron chi connectivity index (χ4n) is 5.41. The van der Waals surface area contributed by atoms with Gasteiger partial charge in [0.05, 0.1) is 0 Å². The summed E-state index contributed by atoms with van der Waals surface area (Å²) in [4.78, 5) is 0. The van der Waals surface area contributed by atoms with E-state index in [-0.39, 0.29) is 0 Å². The number of hydrogen-bond acceptors (Lipinski definition) is 0. The van der Waals surface area contributed by atoms with Crippen molar-refractivity contribution in [1.82, 2.24) is 0 Å². The van der Waals surface area contributed by atoms with Crippen molar-refractivity contribution in [3.63, 3.8) is 0 Å². The van der Waals surface area contributed by atoms with Gasteiger partial charge in [-0.2, -0.15) is 0 Å². The van der Waals surface area contributed by atoms with Crippen LogP contribution in [0.25, 0.3) is 0 Å². The monoisotopic (exact) mass is 464 g/mol. The second-order valence-electron chi connectivity index (χ2n) is 11.2. The summed E-state index contributed by atoms with van der Waals surface area (Å²) in [7, 11) is 0. The molecule has 199 valence electrons. The molecule has 0 aromatic carbocycles. The zero-order chi connectivity index (χ0) is 24.1. The van der Waals surface area contributed by atoms with E-state index in [1.807, 2.05) is 0 Å². The second kappa shape index (κ2) is 30.0. The van der Waals surface area contributed by atoms with Gasteiger partial charge >= 0.3 is 0 Å². The molecule has 0 nitrogen and oxygen atoms in total. The predicted molar refractivity (Wildman–Crippen MR) is 154 cm³/mol. The summed E-state index contributed by atoms with van der Waals surface area (Å²) >= 11 is 0. The Bertz CT molecular complexity index is 320. The van der Waals surface area contributed by atoms with E-state index in [4.69, 9.17) is 0 Å². The van der Waals surface area contributed by atoms with Crippen LogP contribution >= 0.6 is 0 Å². The van der Waals surface area contributed by atoms with Crippen LogP contribution in [-0.4, -0.2) is 0 Å². The molecular weight excluding hydrogens is 396 g/mol. The van der Waals surface area contributed by atoms with Gasteiger partial charge in [0.25, 0.3) is 0 Å². The molecule has 0 heteroatoms. The highest BCUT2D eigenvalue weighted by Crippen LogP contribution is 2.24. The molecular formula is C33H67. The zero-order valence-electron chi connectivity index (χ0n) is 23.8. The van der Waals surface area contributed by atoms with Crippen molar-refractivity contribution in [3.05, 3.63) is 6.92 Å². The summed E-state index contributed by atoms with van der Waals surface area (Å²) in [5, 5.41) is 0. The molecule has 0 heterocycles. The molecule has 0 rings (SSSR count). The third kappa shape index (κ3) is 28.1. The third-order valence-corrected chi connectivity index (χ3v) is 7.79. The highest BCUT2D eigenvalue weighted by atomic mass is 14.1. The van der Waals surface area contributed by atoms with Crippen molar-refractivity contribution in [1.29, 1.82) is 0 Å². The molecule has 0 aliphatic carbocycles. The maximum absolute atomic E-state index is 4.08. The summed E-state index contributed by atoms with van der Waals surface area (Å²) in [6.07, 6.45) is 42.1. The van der Waals surface area contributed by atoms with Gasteiger partial charge in [0.2, 0.25) is 0 Å². The molecule has 0 aromatic heterocycles. The molecule has 1 atom stereocenters. The normalized spacial score (nSPS) is 12.5. The molecule has 0 N–H and O–H groups in total. The Labute approximate surface area is 212 Å². The van der Waals surface area contributed by atoms with Crippen molar-refractivity contribution < 1.29 is 0 Å². The molecule has 0 amide bonds. The average molecular weight is 464 g/mol. The largest absolute Gasteiger partial charge is 0.0654 e. The van der Waals surface area contributed by atoms with E-state index in [0.717, 1.165) is 12.3 Å². The van der Waals surface area contributed by atoms with Gasteiger partial charge in [-0.15, -0.1) is 0 Å². The summed E-state index contributed by atoms with van der Waals surface area (Å²) in [5.74, 6) is 0.999. The van der Waals surface area contributed by atoms with Crippen molar-refractivity contribution in [2.45, 2.75) is 200 Å². The van der Waals surface area contributed by atoms with Gasteiger partial charge in [-0.05, 0) is 5.92 Å². The number of rotatable bonds is 29. The lowest BCUT2D eigenvalue weighted by atomic mass is 9.90. The Hall–Kier alpha value is 0. The molecule has 0 aliphatic heterocycles. The van der Waals surface area contributed by atoms with E-state index in [1.165, 1.54) is 180 Å². The Kier molecular flexibility index (Phi) is 30.0. The predicted octanol–water partition coefficient (Wildman–Crippen LogP) is 12.8. The summed E-state index contributed by atoms with van der Waals surface area (Å²) < 4.78 is 0. The molecule has 1 radical (unpaired) electrons. The third-order valence-electron chi connectivity index (χ3n) is 7.79. The van der Waals surface area contributed by atoms with Gasteiger partial charge in [0.15, 0.2) is 0 Å². The highest BCUT2D eigenvalue weighted by molar-refractivity contribution is 4.62. The Morgan fingerprint density at radius 1 is 0.333 bits per heavy atom. The molecule has 0 aliphatic rings. The summed E-state index contributed by atoms with van der Waals surface area (Å²) in [6, 6.07) is 0. The van der Waals surface area contributed by atoms with Gasteiger partial charge in [0.1, 0.15) is 0 Å². The first kappa shape index (κ1) is 33.0. The second-order valence-corrected chi connectivity index (χ2v) is 11.2. The number of unbranched alkanes of at least 4 members (excludes halogenated alkanes) is 23. The lowest BCUT2D eigenvalue weighted by Gasteiger charge is -2.16. The summed E-state index contributed by atoms with van der Waals surface area (Å²) in [5.41, 5.74) is 0. The van der Waals surface area contributed by atoms with E-state index < -0.39 is 0 Å². The minimum atomic E-state index is 0.999. The van der Waals surface area contributed by atoms with Crippen LogP contribution in [0.2, 0.25) is 0 Å². The minimum absolute atomic E-state index is 0.999. The van der Waals surface area contributed by atoms with Gasteiger partial charge in [-0.1, -0.05) is 207 Å². The first-order valence-corrected chi connectivity index (χ1v) is 16.1. The lowest BCUT2D eigenvalue weighted by Crippen LogP contribution is -2.01. The van der Waals surface area contributed by atoms with E-state index in [1.54, 1.807) is 0 Å². The van der Waals surface area contributed by atoms with Crippen molar-refractivity contribution >= 4 is 0 Å². The SMILES string of the molecule is [CH2]CCCC(CCCCCCCCC)CCCCCCCCCCCCCCCCCCC. The lowest BCUT2D eigenvalue weighted by molar-refractivity contribution is 0.372. The molecule has 0 saturated carbocycles. The Balaban J connectivity index is 3.40. The topological polar surface area (TPSA) is 0 Å². The highest BCUT2D eigenvalue weighted by Gasteiger charge is 2.08. The molecule has 0 aromatic rings. The first-order valence-electron chi connectivity index (χ1n) is 16.1. The van der Waals surface area contributed by atoms with Crippen LogP contribution in [0.1, 0.15) is 200 Å². The average Bonchev–Trinajstić information content (AvgIpc) is 2.83. The van der Waals surface area contributed by atoms with Crippen molar-refractivity contribution in [2.24, 2.45) is 5.92 Å². The van der Waals surface area contributed by atoms with Crippen molar-refractivity contribution in [3.8, 4) is 0 Å². The molecule has 0 bridgehead atoms. The Morgan fingerprint density at radius 2 is 0.576 bits per heavy atom. The van der Waals surface area contributed by atoms with Crippen LogP contribution in [0.15, 0.2) is 0 Å².